The predicted octanol–water partition coefficient (Wildman–Crippen LogP) is 1.48. The van der Waals surface area contributed by atoms with Gasteiger partial charge in [0.1, 0.15) is 23.1 Å². The lowest BCUT2D eigenvalue weighted by Crippen LogP contribution is -2.04. The molecule has 0 saturated carbocycles. The van der Waals surface area contributed by atoms with Crippen LogP contribution in [0, 0.1) is 17.0 Å². The first-order valence-corrected chi connectivity index (χ1v) is 5.12. The highest BCUT2D eigenvalue weighted by molar-refractivity contribution is 5.52. The molecular formula is C10H11N5O3. The molecule has 0 aliphatic rings. The van der Waals surface area contributed by atoms with Gasteiger partial charge in [-0.3, -0.25) is 10.1 Å². The summed E-state index contributed by atoms with van der Waals surface area (Å²) in [4.78, 5) is 14.1. The molecule has 0 bridgehead atoms. The number of hydrogen-bond acceptors (Lipinski definition) is 7. The Morgan fingerprint density at radius 1 is 1.50 bits per heavy atom. The van der Waals surface area contributed by atoms with Gasteiger partial charge >= 0.3 is 0 Å². The number of nitrogen functional groups attached to an aromatic ring is 1. The third-order valence-electron chi connectivity index (χ3n) is 2.17. The second-order valence-corrected chi connectivity index (χ2v) is 3.68. The molecule has 0 amide bonds. The lowest BCUT2D eigenvalue weighted by Gasteiger charge is -2.03. The molecule has 2 rings (SSSR count). The summed E-state index contributed by atoms with van der Waals surface area (Å²) in [5.74, 6) is 1.10. The first kappa shape index (κ1) is 11.8. The second-order valence-electron chi connectivity index (χ2n) is 3.68. The SMILES string of the molecule is Cc1cc(CNc2cc([N+](=O)[O-])cc(N)n2)no1. The average molecular weight is 249 g/mol. The number of pyridine rings is 1. The Balaban J connectivity index is 2.11. The number of hydrogen-bond donors (Lipinski definition) is 2. The summed E-state index contributed by atoms with van der Waals surface area (Å²) in [5, 5.41) is 17.3. The lowest BCUT2D eigenvalue weighted by molar-refractivity contribution is -0.384. The Morgan fingerprint density at radius 2 is 2.28 bits per heavy atom. The van der Waals surface area contributed by atoms with Gasteiger partial charge < -0.3 is 15.6 Å². The molecule has 2 heterocycles. The first-order chi connectivity index (χ1) is 8.54. The smallest absolute Gasteiger partial charge is 0.276 e. The molecule has 18 heavy (non-hydrogen) atoms. The predicted molar refractivity (Wildman–Crippen MR) is 63.9 cm³/mol. The van der Waals surface area contributed by atoms with Crippen molar-refractivity contribution in [2.75, 3.05) is 11.1 Å². The quantitative estimate of drug-likeness (QED) is 0.621. The minimum Gasteiger partial charge on any atom is -0.383 e. The fourth-order valence-electron chi connectivity index (χ4n) is 1.42. The summed E-state index contributed by atoms with van der Waals surface area (Å²) in [5.41, 5.74) is 6.05. The van der Waals surface area contributed by atoms with E-state index in [0.717, 1.165) is 0 Å². The van der Waals surface area contributed by atoms with E-state index in [4.69, 9.17) is 10.3 Å². The van der Waals surface area contributed by atoms with E-state index in [1.54, 1.807) is 13.0 Å². The molecule has 0 radical (unpaired) electrons. The van der Waals surface area contributed by atoms with Gasteiger partial charge in [-0.1, -0.05) is 5.16 Å². The number of nitrogens with two attached hydrogens (primary N) is 1. The molecule has 0 spiro atoms. The highest BCUT2D eigenvalue weighted by atomic mass is 16.6. The molecule has 0 atom stereocenters. The molecule has 94 valence electrons. The Kier molecular flexibility index (Phi) is 3.09. The Labute approximate surface area is 102 Å². The summed E-state index contributed by atoms with van der Waals surface area (Å²) in [7, 11) is 0. The van der Waals surface area contributed by atoms with Crippen molar-refractivity contribution in [1.29, 1.82) is 0 Å². The molecule has 0 aliphatic heterocycles. The average Bonchev–Trinajstić information content (AvgIpc) is 2.72. The lowest BCUT2D eigenvalue weighted by atomic mass is 10.3. The normalized spacial score (nSPS) is 10.3. The zero-order valence-electron chi connectivity index (χ0n) is 9.58. The summed E-state index contributed by atoms with van der Waals surface area (Å²) < 4.78 is 4.90. The molecule has 0 unspecified atom stereocenters. The number of nitrogens with one attached hydrogen (secondary N) is 1. The molecular weight excluding hydrogens is 238 g/mol. The first-order valence-electron chi connectivity index (χ1n) is 5.12. The summed E-state index contributed by atoms with van der Waals surface area (Å²) in [6.07, 6.45) is 0. The maximum absolute atomic E-state index is 10.7. The monoisotopic (exact) mass is 249 g/mol. The molecule has 8 nitrogen and oxygen atoms in total. The second kappa shape index (κ2) is 4.70. The van der Waals surface area contributed by atoms with Crippen LogP contribution in [0.5, 0.6) is 0 Å². The Hall–Kier alpha value is -2.64. The van der Waals surface area contributed by atoms with E-state index in [0.29, 0.717) is 23.8 Å². The van der Waals surface area contributed by atoms with Crippen molar-refractivity contribution in [3.63, 3.8) is 0 Å². The fourth-order valence-corrected chi connectivity index (χ4v) is 1.42. The Bertz CT molecular complexity index is 581. The van der Waals surface area contributed by atoms with Gasteiger partial charge in [0.15, 0.2) is 0 Å². The van der Waals surface area contributed by atoms with Crippen LogP contribution in [0.2, 0.25) is 0 Å². The van der Waals surface area contributed by atoms with E-state index in [-0.39, 0.29) is 11.5 Å². The number of nitro groups is 1. The van der Waals surface area contributed by atoms with Crippen molar-refractivity contribution in [2.24, 2.45) is 0 Å². The van der Waals surface area contributed by atoms with E-state index in [1.165, 1.54) is 12.1 Å². The van der Waals surface area contributed by atoms with Gasteiger partial charge in [0, 0.05) is 6.07 Å². The molecule has 8 heteroatoms. The molecule has 0 fully saturated rings. The van der Waals surface area contributed by atoms with Gasteiger partial charge in [0.25, 0.3) is 5.69 Å². The third-order valence-corrected chi connectivity index (χ3v) is 2.17. The van der Waals surface area contributed by atoms with Crippen molar-refractivity contribution in [3.8, 4) is 0 Å². The van der Waals surface area contributed by atoms with Gasteiger partial charge in [-0.2, -0.15) is 0 Å². The zero-order chi connectivity index (χ0) is 13.1. The van der Waals surface area contributed by atoms with Crippen molar-refractivity contribution < 1.29 is 9.45 Å². The van der Waals surface area contributed by atoms with Crippen LogP contribution in [0.3, 0.4) is 0 Å². The highest BCUT2D eigenvalue weighted by Gasteiger charge is 2.10. The van der Waals surface area contributed by atoms with Crippen LogP contribution in [0.25, 0.3) is 0 Å². The van der Waals surface area contributed by atoms with Gasteiger partial charge in [-0.15, -0.1) is 0 Å². The maximum Gasteiger partial charge on any atom is 0.276 e. The number of aromatic nitrogens is 2. The van der Waals surface area contributed by atoms with E-state index < -0.39 is 4.92 Å². The number of rotatable bonds is 4. The summed E-state index contributed by atoms with van der Waals surface area (Å²) >= 11 is 0. The summed E-state index contributed by atoms with van der Waals surface area (Å²) in [6, 6.07) is 4.27. The van der Waals surface area contributed by atoms with Crippen molar-refractivity contribution in [3.05, 3.63) is 39.8 Å². The topological polar surface area (TPSA) is 120 Å². The van der Waals surface area contributed by atoms with Crippen molar-refractivity contribution in [2.45, 2.75) is 13.5 Å². The molecule has 0 aliphatic carbocycles. The van der Waals surface area contributed by atoms with Crippen LogP contribution in [0.15, 0.2) is 22.7 Å². The van der Waals surface area contributed by atoms with E-state index in [1.807, 2.05) is 0 Å². The fraction of sp³-hybridized carbons (Fsp3) is 0.200. The van der Waals surface area contributed by atoms with E-state index in [9.17, 15) is 10.1 Å². The van der Waals surface area contributed by atoms with Crippen LogP contribution in [0.4, 0.5) is 17.3 Å². The zero-order valence-corrected chi connectivity index (χ0v) is 9.58. The minimum atomic E-state index is -0.524. The molecule has 3 N–H and O–H groups in total. The van der Waals surface area contributed by atoms with Crippen LogP contribution in [-0.2, 0) is 6.54 Å². The standard InChI is InChI=1S/C10H11N5O3/c1-6-2-7(14-18-6)5-12-10-4-8(15(16)17)3-9(11)13-10/h2-4H,5H2,1H3,(H3,11,12,13). The molecule has 0 aromatic carbocycles. The van der Waals surface area contributed by atoms with Gasteiger partial charge in [0.2, 0.25) is 0 Å². The van der Waals surface area contributed by atoms with Gasteiger partial charge in [0.05, 0.1) is 23.6 Å². The third kappa shape index (κ3) is 2.73. The van der Waals surface area contributed by atoms with Crippen LogP contribution in [-0.4, -0.2) is 15.1 Å². The number of nitrogens with zero attached hydrogens (tertiary/aromatic N) is 3. The molecule has 2 aromatic heterocycles. The Morgan fingerprint density at radius 3 is 2.89 bits per heavy atom. The molecule has 0 saturated heterocycles. The minimum absolute atomic E-state index is 0.0861. The van der Waals surface area contributed by atoms with Crippen LogP contribution >= 0.6 is 0 Å². The van der Waals surface area contributed by atoms with Crippen LogP contribution < -0.4 is 11.1 Å². The van der Waals surface area contributed by atoms with Crippen LogP contribution in [0.1, 0.15) is 11.5 Å². The maximum atomic E-state index is 10.7. The van der Waals surface area contributed by atoms with Crippen molar-refractivity contribution >= 4 is 17.3 Å². The van der Waals surface area contributed by atoms with Crippen molar-refractivity contribution in [1.82, 2.24) is 10.1 Å². The highest BCUT2D eigenvalue weighted by Crippen LogP contribution is 2.19. The number of aryl methyl sites for hydroxylation is 1. The summed E-state index contributed by atoms with van der Waals surface area (Å²) in [6.45, 7) is 2.13. The van der Waals surface area contributed by atoms with E-state index >= 15 is 0 Å². The number of anilines is 2. The van der Waals surface area contributed by atoms with Gasteiger partial charge in [-0.25, -0.2) is 4.98 Å². The largest absolute Gasteiger partial charge is 0.383 e. The molecule has 2 aromatic rings. The van der Waals surface area contributed by atoms with E-state index in [2.05, 4.69) is 15.5 Å². The van der Waals surface area contributed by atoms with Gasteiger partial charge in [-0.05, 0) is 6.92 Å².